The van der Waals surface area contributed by atoms with Crippen LogP contribution in [0.3, 0.4) is 0 Å². The highest BCUT2D eigenvalue weighted by Crippen LogP contribution is 2.46. The molecule has 98 valence electrons. The minimum Gasteiger partial charge on any atom is -0.201 e. The van der Waals surface area contributed by atoms with Crippen molar-refractivity contribution in [3.05, 3.63) is 33.5 Å². The largest absolute Gasteiger partial charge is 0.216 e. The standard InChI is InChI=1S/C8F6S4/c9-1-3(11)7(15-5(1)13)17-18-8-4(12)2(10)6(14)16-8. The molecule has 2 aromatic rings. The molecule has 0 saturated heterocycles. The van der Waals surface area contributed by atoms with Crippen molar-refractivity contribution in [1.29, 1.82) is 0 Å². The first kappa shape index (κ1) is 14.1. The van der Waals surface area contributed by atoms with E-state index in [9.17, 15) is 26.3 Å². The maximum absolute atomic E-state index is 13.0. The van der Waals surface area contributed by atoms with E-state index >= 15 is 0 Å². The van der Waals surface area contributed by atoms with Gasteiger partial charge in [0.1, 0.15) is 8.42 Å². The Morgan fingerprint density at radius 3 is 1.11 bits per heavy atom. The highest BCUT2D eigenvalue weighted by Gasteiger charge is 2.23. The molecule has 0 nitrogen and oxygen atoms in total. The third-order valence-electron chi connectivity index (χ3n) is 1.65. The lowest BCUT2D eigenvalue weighted by molar-refractivity contribution is 0.459. The average molecular weight is 338 g/mol. The molecule has 0 spiro atoms. The van der Waals surface area contributed by atoms with Crippen LogP contribution in [0.2, 0.25) is 0 Å². The summed E-state index contributed by atoms with van der Waals surface area (Å²) in [5.41, 5.74) is 0. The second kappa shape index (κ2) is 5.35. The Balaban J connectivity index is 2.16. The normalized spacial score (nSPS) is 11.2. The second-order valence-electron chi connectivity index (χ2n) is 2.75. The lowest BCUT2D eigenvalue weighted by Gasteiger charge is -1.94. The number of rotatable bonds is 3. The van der Waals surface area contributed by atoms with Gasteiger partial charge in [0.15, 0.2) is 11.6 Å². The molecule has 0 saturated carbocycles. The van der Waals surface area contributed by atoms with Crippen molar-refractivity contribution in [3.8, 4) is 0 Å². The van der Waals surface area contributed by atoms with Gasteiger partial charge in [-0.15, -0.1) is 0 Å². The molecule has 0 aliphatic heterocycles. The third-order valence-corrected chi connectivity index (χ3v) is 6.72. The van der Waals surface area contributed by atoms with E-state index in [2.05, 4.69) is 0 Å². The maximum Gasteiger partial charge on any atom is 0.216 e. The fourth-order valence-electron chi connectivity index (χ4n) is 0.877. The molecule has 18 heavy (non-hydrogen) atoms. The van der Waals surface area contributed by atoms with Crippen LogP contribution in [-0.2, 0) is 0 Å². The van der Waals surface area contributed by atoms with Gasteiger partial charge in [-0.25, -0.2) is 8.78 Å². The van der Waals surface area contributed by atoms with Gasteiger partial charge in [0.25, 0.3) is 0 Å². The van der Waals surface area contributed by atoms with E-state index < -0.39 is 33.5 Å². The van der Waals surface area contributed by atoms with Gasteiger partial charge in [-0.2, -0.15) is 17.6 Å². The first-order valence-corrected chi connectivity index (χ1v) is 7.81. The predicted molar refractivity (Wildman–Crippen MR) is 60.1 cm³/mol. The smallest absolute Gasteiger partial charge is 0.201 e. The van der Waals surface area contributed by atoms with Crippen molar-refractivity contribution in [2.45, 2.75) is 8.42 Å². The van der Waals surface area contributed by atoms with Gasteiger partial charge in [-0.3, -0.25) is 0 Å². The van der Waals surface area contributed by atoms with Gasteiger partial charge in [0.05, 0.1) is 0 Å². The van der Waals surface area contributed by atoms with Gasteiger partial charge in [-0.05, 0) is 21.6 Å². The Bertz CT molecular complexity index is 537. The predicted octanol–water partition coefficient (Wildman–Crippen LogP) is 5.44. The van der Waals surface area contributed by atoms with Crippen molar-refractivity contribution < 1.29 is 26.3 Å². The van der Waals surface area contributed by atoms with Crippen molar-refractivity contribution in [3.63, 3.8) is 0 Å². The second-order valence-corrected chi connectivity index (χ2v) is 7.36. The molecule has 10 heteroatoms. The SMILES string of the molecule is Fc1sc(SSc2sc(F)c(F)c2F)c(F)c1F. The van der Waals surface area contributed by atoms with Gasteiger partial charge in [-0.1, -0.05) is 22.7 Å². The zero-order valence-electron chi connectivity index (χ0n) is 7.90. The molecule has 0 aliphatic rings. The molecular formula is C8F6S4. The third kappa shape index (κ3) is 2.51. The number of halogens is 6. The molecule has 2 aromatic heterocycles. The van der Waals surface area contributed by atoms with Crippen LogP contribution in [0, 0.1) is 33.5 Å². The molecule has 0 atom stereocenters. The molecule has 0 aliphatic carbocycles. The molecule has 0 bridgehead atoms. The highest BCUT2D eigenvalue weighted by molar-refractivity contribution is 8.77. The van der Waals surface area contributed by atoms with Crippen LogP contribution in [0.1, 0.15) is 0 Å². The Hall–Kier alpha value is -0.320. The van der Waals surface area contributed by atoms with Crippen molar-refractivity contribution in [2.75, 3.05) is 0 Å². The van der Waals surface area contributed by atoms with Crippen molar-refractivity contribution in [1.82, 2.24) is 0 Å². The van der Waals surface area contributed by atoms with Crippen molar-refractivity contribution >= 4 is 44.3 Å². The zero-order valence-corrected chi connectivity index (χ0v) is 11.2. The molecule has 0 unspecified atom stereocenters. The minimum atomic E-state index is -1.62. The molecule has 0 aromatic carbocycles. The molecule has 2 heterocycles. The fourth-order valence-corrected chi connectivity index (χ4v) is 5.22. The Labute approximate surface area is 112 Å². The molecule has 0 radical (unpaired) electrons. The summed E-state index contributed by atoms with van der Waals surface area (Å²) in [5, 5.41) is -2.67. The summed E-state index contributed by atoms with van der Waals surface area (Å²) in [6, 6.07) is 0. The average Bonchev–Trinajstić information content (AvgIpc) is 2.72. The highest BCUT2D eigenvalue weighted by atomic mass is 33.1. The maximum atomic E-state index is 13.0. The Kier molecular flexibility index (Phi) is 4.19. The number of thiophene rings is 2. The van der Waals surface area contributed by atoms with E-state index in [1.165, 1.54) is 0 Å². The summed E-state index contributed by atoms with van der Waals surface area (Å²) in [4.78, 5) is 0. The monoisotopic (exact) mass is 338 g/mol. The zero-order chi connectivity index (χ0) is 13.4. The molecular weight excluding hydrogens is 338 g/mol. The van der Waals surface area contributed by atoms with Crippen LogP contribution in [0.25, 0.3) is 0 Å². The molecule has 0 amide bonds. The Morgan fingerprint density at radius 1 is 0.556 bits per heavy atom. The summed E-state index contributed by atoms with van der Waals surface area (Å²) in [6.45, 7) is 0. The van der Waals surface area contributed by atoms with Gasteiger partial charge < -0.3 is 0 Å². The van der Waals surface area contributed by atoms with Crippen LogP contribution in [-0.4, -0.2) is 0 Å². The Morgan fingerprint density at radius 2 is 0.889 bits per heavy atom. The van der Waals surface area contributed by atoms with Crippen molar-refractivity contribution in [2.24, 2.45) is 0 Å². The van der Waals surface area contributed by atoms with E-state index in [-0.39, 0.29) is 31.1 Å². The lowest BCUT2D eigenvalue weighted by atomic mass is 10.6. The first-order valence-electron chi connectivity index (χ1n) is 4.03. The number of hydrogen-bond acceptors (Lipinski definition) is 4. The van der Waals surface area contributed by atoms with Crippen LogP contribution < -0.4 is 0 Å². The molecule has 0 N–H and O–H groups in total. The minimum absolute atomic E-state index is 0.197. The topological polar surface area (TPSA) is 0 Å². The van der Waals surface area contributed by atoms with E-state index in [1.807, 2.05) is 0 Å². The summed E-state index contributed by atoms with van der Waals surface area (Å²) < 4.78 is 76.0. The summed E-state index contributed by atoms with van der Waals surface area (Å²) >= 11 is 0.394. The van der Waals surface area contributed by atoms with E-state index in [4.69, 9.17) is 0 Å². The number of hydrogen-bond donors (Lipinski definition) is 0. The van der Waals surface area contributed by atoms with Gasteiger partial charge >= 0.3 is 0 Å². The molecule has 2 rings (SSSR count). The first-order chi connectivity index (χ1) is 8.41. The summed E-state index contributed by atoms with van der Waals surface area (Å²) in [7, 11) is 0.977. The van der Waals surface area contributed by atoms with Gasteiger partial charge in [0, 0.05) is 0 Å². The fraction of sp³-hybridized carbons (Fsp3) is 0. The van der Waals surface area contributed by atoms with Crippen LogP contribution >= 0.6 is 44.3 Å². The van der Waals surface area contributed by atoms with Crippen LogP contribution in [0.4, 0.5) is 26.3 Å². The van der Waals surface area contributed by atoms with E-state index in [1.54, 1.807) is 0 Å². The molecule has 0 fully saturated rings. The quantitative estimate of drug-likeness (QED) is 0.540. The summed E-state index contributed by atoms with van der Waals surface area (Å²) in [6.07, 6.45) is 0. The van der Waals surface area contributed by atoms with E-state index in [0.29, 0.717) is 21.6 Å². The lowest BCUT2D eigenvalue weighted by Crippen LogP contribution is -1.78. The van der Waals surface area contributed by atoms with Crippen LogP contribution in [0.15, 0.2) is 8.42 Å². The van der Waals surface area contributed by atoms with Crippen LogP contribution in [0.5, 0.6) is 0 Å². The summed E-state index contributed by atoms with van der Waals surface area (Å²) in [5.74, 6) is -6.03. The van der Waals surface area contributed by atoms with E-state index in [0.717, 1.165) is 0 Å². The van der Waals surface area contributed by atoms with Gasteiger partial charge in [0.2, 0.25) is 21.9 Å².